The van der Waals surface area contributed by atoms with Gasteiger partial charge in [0.2, 0.25) is 5.91 Å². The van der Waals surface area contributed by atoms with Crippen molar-refractivity contribution in [1.82, 2.24) is 9.97 Å². The number of halogens is 2. The summed E-state index contributed by atoms with van der Waals surface area (Å²) in [4.78, 5) is 26.2. The van der Waals surface area contributed by atoms with Crippen LogP contribution in [-0.2, 0) is 17.8 Å². The molecule has 4 rings (SSSR count). The zero-order chi connectivity index (χ0) is 23.0. The van der Waals surface area contributed by atoms with E-state index in [1.165, 1.54) is 0 Å². The van der Waals surface area contributed by atoms with Crippen molar-refractivity contribution in [3.05, 3.63) is 40.2 Å². The van der Waals surface area contributed by atoms with Gasteiger partial charge in [0.1, 0.15) is 12.0 Å². The first-order valence-electron chi connectivity index (χ1n) is 11.2. The lowest BCUT2D eigenvalue weighted by Crippen LogP contribution is -2.33. The molecule has 6 nitrogen and oxygen atoms in total. The first-order valence-corrected chi connectivity index (χ1v) is 11.6. The third kappa shape index (κ3) is 5.14. The number of carbonyl (C=O) groups excluding carboxylic acids is 1. The fourth-order valence-electron chi connectivity index (χ4n) is 4.35. The largest absolute Gasteiger partial charge is 0.352 e. The smallest absolute Gasteiger partial charge is 0.225 e. The highest BCUT2D eigenvalue weighted by Crippen LogP contribution is 2.35. The highest BCUT2D eigenvalue weighted by atomic mass is 35.5. The maximum Gasteiger partial charge on any atom is 0.225 e. The number of alkyl halides is 1. The minimum atomic E-state index is -0.881. The molecule has 0 saturated carbocycles. The molecule has 1 amide bonds. The van der Waals surface area contributed by atoms with Crippen molar-refractivity contribution in [2.75, 3.05) is 34.8 Å². The number of amides is 1. The molecule has 1 fully saturated rings. The molecule has 1 atom stereocenters. The Morgan fingerprint density at radius 2 is 2.06 bits per heavy atom. The average Bonchev–Trinajstić information content (AvgIpc) is 3.13. The Hall–Kier alpha value is -2.41. The monoisotopic (exact) mass is 459 g/mol. The molecule has 2 aliphatic rings. The molecule has 172 valence electrons. The molecule has 0 unspecified atom stereocenters. The number of nitrogens with zero attached hydrogens (tertiary/aromatic N) is 4. The summed E-state index contributed by atoms with van der Waals surface area (Å²) in [5, 5.41) is 3.69. The summed E-state index contributed by atoms with van der Waals surface area (Å²) in [7, 11) is 0. The van der Waals surface area contributed by atoms with Crippen LogP contribution in [0.5, 0.6) is 0 Å². The molecule has 0 spiro atoms. The van der Waals surface area contributed by atoms with E-state index in [9.17, 15) is 9.18 Å². The molecule has 1 saturated heterocycles. The number of rotatable bonds is 4. The summed E-state index contributed by atoms with van der Waals surface area (Å²) in [6.07, 6.45) is 2.49. The number of pyridine rings is 2. The third-order valence-electron chi connectivity index (χ3n) is 5.90. The molecule has 2 aliphatic heterocycles. The van der Waals surface area contributed by atoms with Crippen molar-refractivity contribution in [2.24, 2.45) is 5.41 Å². The van der Waals surface area contributed by atoms with Gasteiger partial charge in [-0.2, -0.15) is 0 Å². The molecule has 0 aromatic carbocycles. The Morgan fingerprint density at radius 1 is 1.28 bits per heavy atom. The van der Waals surface area contributed by atoms with Crippen LogP contribution in [0.2, 0.25) is 5.02 Å². The van der Waals surface area contributed by atoms with E-state index in [-0.39, 0.29) is 11.3 Å². The van der Waals surface area contributed by atoms with Gasteiger partial charge in [-0.3, -0.25) is 9.78 Å². The van der Waals surface area contributed by atoms with Crippen LogP contribution in [0.4, 0.5) is 21.7 Å². The molecule has 4 heterocycles. The van der Waals surface area contributed by atoms with E-state index in [1.807, 2.05) is 44.7 Å². The van der Waals surface area contributed by atoms with Crippen LogP contribution in [0.15, 0.2) is 18.3 Å². The third-order valence-corrected chi connectivity index (χ3v) is 6.11. The maximum atomic E-state index is 14.0. The van der Waals surface area contributed by atoms with Crippen molar-refractivity contribution in [1.29, 1.82) is 0 Å². The fraction of sp³-hybridized carbons (Fsp3) is 0.542. The first-order chi connectivity index (χ1) is 15.1. The van der Waals surface area contributed by atoms with Crippen molar-refractivity contribution < 1.29 is 9.18 Å². The zero-order valence-corrected chi connectivity index (χ0v) is 20.0. The van der Waals surface area contributed by atoms with Gasteiger partial charge in [-0.1, -0.05) is 32.4 Å². The molecule has 0 bridgehead atoms. The van der Waals surface area contributed by atoms with Gasteiger partial charge in [-0.25, -0.2) is 9.37 Å². The van der Waals surface area contributed by atoms with Gasteiger partial charge in [0.25, 0.3) is 0 Å². The van der Waals surface area contributed by atoms with E-state index >= 15 is 0 Å². The number of fused-ring (bicyclic) bond motifs is 1. The summed E-state index contributed by atoms with van der Waals surface area (Å²) in [5.74, 6) is 1.41. The standard InChI is InChI=1S/C24H31ClFN5O/c1-15-9-20(30-8-6-19-16(13-30)10-17(25)12-27-19)28-23(31-7-5-18(26)14-31)22(15)29-21(32)11-24(2,3)4/h9-10,12,18H,5-8,11,13-14H2,1-4H3,(H,29,32)/t18-/m1/s1. The number of carbonyl (C=O) groups is 1. The van der Waals surface area contributed by atoms with Crippen molar-refractivity contribution in [3.8, 4) is 0 Å². The summed E-state index contributed by atoms with van der Waals surface area (Å²) in [6, 6.07) is 3.96. The predicted octanol–water partition coefficient (Wildman–Crippen LogP) is 4.92. The quantitative estimate of drug-likeness (QED) is 0.702. The van der Waals surface area contributed by atoms with Gasteiger partial charge in [-0.15, -0.1) is 0 Å². The fourth-order valence-corrected chi connectivity index (χ4v) is 4.53. The minimum Gasteiger partial charge on any atom is -0.352 e. The lowest BCUT2D eigenvalue weighted by molar-refractivity contribution is -0.117. The summed E-state index contributed by atoms with van der Waals surface area (Å²) >= 11 is 6.16. The van der Waals surface area contributed by atoms with Gasteiger partial charge in [0.15, 0.2) is 5.82 Å². The van der Waals surface area contributed by atoms with Crippen LogP contribution in [0.3, 0.4) is 0 Å². The summed E-state index contributed by atoms with van der Waals surface area (Å²) in [6.45, 7) is 10.4. The maximum absolute atomic E-state index is 14.0. The van der Waals surface area contributed by atoms with Crippen LogP contribution >= 0.6 is 11.6 Å². The molecular weight excluding hydrogens is 429 g/mol. The lowest BCUT2D eigenvalue weighted by Gasteiger charge is -2.31. The Kier molecular flexibility index (Phi) is 6.30. The highest BCUT2D eigenvalue weighted by molar-refractivity contribution is 6.30. The molecule has 32 heavy (non-hydrogen) atoms. The molecule has 2 aromatic heterocycles. The first kappa shape index (κ1) is 22.8. The summed E-state index contributed by atoms with van der Waals surface area (Å²) < 4.78 is 14.0. The topological polar surface area (TPSA) is 61.4 Å². The van der Waals surface area contributed by atoms with Crippen LogP contribution in [0.25, 0.3) is 0 Å². The Labute approximate surface area is 194 Å². The molecule has 0 radical (unpaired) electrons. The van der Waals surface area contributed by atoms with Gasteiger partial charge >= 0.3 is 0 Å². The van der Waals surface area contributed by atoms with Crippen LogP contribution < -0.4 is 15.1 Å². The average molecular weight is 460 g/mol. The van der Waals surface area contributed by atoms with Crippen LogP contribution in [0, 0.1) is 12.3 Å². The molecule has 8 heteroatoms. The van der Waals surface area contributed by atoms with E-state index in [4.69, 9.17) is 16.6 Å². The summed E-state index contributed by atoms with van der Waals surface area (Å²) in [5.41, 5.74) is 3.63. The Balaban J connectivity index is 1.66. The predicted molar refractivity (Wildman–Crippen MR) is 127 cm³/mol. The number of aryl methyl sites for hydroxylation is 1. The van der Waals surface area contributed by atoms with Gasteiger partial charge < -0.3 is 15.1 Å². The van der Waals surface area contributed by atoms with Crippen LogP contribution in [0.1, 0.15) is 50.4 Å². The number of anilines is 3. The van der Waals surface area contributed by atoms with Gasteiger partial charge in [0, 0.05) is 44.4 Å². The zero-order valence-electron chi connectivity index (χ0n) is 19.2. The van der Waals surface area contributed by atoms with Crippen LogP contribution in [-0.4, -0.2) is 41.7 Å². The van der Waals surface area contributed by atoms with E-state index in [2.05, 4.69) is 15.2 Å². The number of hydrogen-bond acceptors (Lipinski definition) is 5. The SMILES string of the molecule is Cc1cc(N2CCc3ncc(Cl)cc3C2)nc(N2CC[C@@H](F)C2)c1NC(=O)CC(C)(C)C. The minimum absolute atomic E-state index is 0.0555. The molecule has 1 N–H and O–H groups in total. The number of hydrogen-bond donors (Lipinski definition) is 1. The van der Waals surface area contributed by atoms with E-state index in [0.717, 1.165) is 35.6 Å². The van der Waals surface area contributed by atoms with Crippen molar-refractivity contribution in [2.45, 2.75) is 59.7 Å². The second-order valence-electron chi connectivity index (χ2n) is 10.0. The number of nitrogens with one attached hydrogen (secondary N) is 1. The second kappa shape index (κ2) is 8.85. The molecule has 0 aliphatic carbocycles. The lowest BCUT2D eigenvalue weighted by atomic mass is 9.92. The highest BCUT2D eigenvalue weighted by Gasteiger charge is 2.29. The second-order valence-corrected chi connectivity index (χ2v) is 10.5. The number of aromatic nitrogens is 2. The van der Waals surface area contributed by atoms with Crippen molar-refractivity contribution >= 4 is 34.8 Å². The van der Waals surface area contributed by atoms with Gasteiger partial charge in [0.05, 0.1) is 17.3 Å². The molecule has 2 aromatic rings. The van der Waals surface area contributed by atoms with E-state index in [1.54, 1.807) is 6.20 Å². The Morgan fingerprint density at radius 3 is 2.75 bits per heavy atom. The van der Waals surface area contributed by atoms with Gasteiger partial charge in [-0.05, 0) is 42.0 Å². The van der Waals surface area contributed by atoms with Crippen molar-refractivity contribution in [3.63, 3.8) is 0 Å². The Bertz CT molecular complexity index is 1020. The normalized spacial score (nSPS) is 18.6. The van der Waals surface area contributed by atoms with E-state index in [0.29, 0.717) is 49.0 Å². The van der Waals surface area contributed by atoms with E-state index < -0.39 is 6.17 Å². The molecular formula is C24H31ClFN5O.